The number of hydrogen-bond donors (Lipinski definition) is 2. The van der Waals surface area contributed by atoms with E-state index in [2.05, 4.69) is 15.2 Å². The largest absolute Gasteiger partial charge is 0.494 e. The van der Waals surface area contributed by atoms with E-state index in [1.807, 2.05) is 0 Å². The van der Waals surface area contributed by atoms with Gasteiger partial charge in [-0.05, 0) is 63.4 Å². The summed E-state index contributed by atoms with van der Waals surface area (Å²) >= 11 is 0. The van der Waals surface area contributed by atoms with Gasteiger partial charge in [0, 0.05) is 36.5 Å². The van der Waals surface area contributed by atoms with Crippen molar-refractivity contribution in [3.63, 3.8) is 0 Å². The van der Waals surface area contributed by atoms with Gasteiger partial charge in [-0.15, -0.1) is 0 Å². The Labute approximate surface area is 232 Å². The summed E-state index contributed by atoms with van der Waals surface area (Å²) in [4.78, 5) is 34.6. The van der Waals surface area contributed by atoms with E-state index in [4.69, 9.17) is 21.8 Å². The molecule has 2 amide bonds. The fourth-order valence-electron chi connectivity index (χ4n) is 4.27. The number of rotatable bonds is 7. The summed E-state index contributed by atoms with van der Waals surface area (Å²) in [5.74, 6) is -1.70. The molecule has 1 aliphatic heterocycles. The van der Waals surface area contributed by atoms with E-state index in [1.54, 1.807) is 31.7 Å². The van der Waals surface area contributed by atoms with Crippen molar-refractivity contribution >= 4 is 29.0 Å². The molecule has 0 bridgehead atoms. The third-order valence-corrected chi connectivity index (χ3v) is 6.09. The standard InChI is InChI=1S/C29H33F2N5O4/c1-29(2,3)40-28(38)35-20-7-6-12-36(17-20)26(37)16-34-27(19-9-11-25(39-5)23(31)14-19)21(15-32)18-8-10-24(33-4)22(30)13-18/h8-11,13-15,20H,6-7,12,16-17,32H2,1-3,5H3,(H,35,38)/b21-15-,34-27?/t20-/m1/s1. The van der Waals surface area contributed by atoms with Gasteiger partial charge in [-0.3, -0.25) is 9.79 Å². The predicted octanol–water partition coefficient (Wildman–Crippen LogP) is 4.83. The van der Waals surface area contributed by atoms with E-state index < -0.39 is 23.3 Å². The van der Waals surface area contributed by atoms with Gasteiger partial charge >= 0.3 is 6.09 Å². The van der Waals surface area contributed by atoms with E-state index in [-0.39, 0.29) is 47.8 Å². The molecule has 212 valence electrons. The van der Waals surface area contributed by atoms with Crippen molar-refractivity contribution in [3.05, 3.63) is 76.8 Å². The molecule has 40 heavy (non-hydrogen) atoms. The average Bonchev–Trinajstić information content (AvgIpc) is 2.89. The minimum atomic E-state index is -0.750. The highest BCUT2D eigenvalue weighted by Gasteiger charge is 2.27. The molecule has 1 aliphatic rings. The smallest absolute Gasteiger partial charge is 0.407 e. The summed E-state index contributed by atoms with van der Waals surface area (Å²) in [6.07, 6.45) is 2.00. The number of nitrogens with one attached hydrogen (secondary N) is 1. The van der Waals surface area contributed by atoms with Crippen molar-refractivity contribution < 1.29 is 27.8 Å². The molecule has 0 saturated carbocycles. The number of halogens is 2. The number of allylic oxidation sites excluding steroid dienone is 1. The normalized spacial score (nSPS) is 16.2. The van der Waals surface area contributed by atoms with Gasteiger partial charge in [0.15, 0.2) is 11.6 Å². The van der Waals surface area contributed by atoms with Crippen molar-refractivity contribution in [1.29, 1.82) is 0 Å². The van der Waals surface area contributed by atoms with Crippen LogP contribution in [0.15, 0.2) is 47.6 Å². The molecule has 3 rings (SSSR count). The second-order valence-corrected chi connectivity index (χ2v) is 10.2. The predicted molar refractivity (Wildman–Crippen MR) is 148 cm³/mol. The molecule has 3 N–H and O–H groups in total. The first-order chi connectivity index (χ1) is 18.9. The van der Waals surface area contributed by atoms with Crippen molar-refractivity contribution in [2.24, 2.45) is 10.7 Å². The van der Waals surface area contributed by atoms with Gasteiger partial charge in [-0.1, -0.05) is 12.1 Å². The third kappa shape index (κ3) is 7.79. The van der Waals surface area contributed by atoms with Gasteiger partial charge in [-0.2, -0.15) is 0 Å². The molecular weight excluding hydrogens is 520 g/mol. The zero-order chi connectivity index (χ0) is 29.4. The van der Waals surface area contributed by atoms with E-state index in [9.17, 15) is 18.4 Å². The van der Waals surface area contributed by atoms with Crippen LogP contribution in [0.3, 0.4) is 0 Å². The van der Waals surface area contributed by atoms with Crippen LogP contribution in [0.25, 0.3) is 10.4 Å². The highest BCUT2D eigenvalue weighted by Crippen LogP contribution is 2.27. The number of ether oxygens (including phenoxy) is 2. The van der Waals surface area contributed by atoms with Gasteiger partial charge < -0.3 is 25.4 Å². The molecule has 0 radical (unpaired) electrons. The molecule has 0 unspecified atom stereocenters. The summed E-state index contributed by atoms with van der Waals surface area (Å²) in [7, 11) is 1.34. The average molecular weight is 554 g/mol. The number of hydrogen-bond acceptors (Lipinski definition) is 6. The molecule has 9 nitrogen and oxygen atoms in total. The summed E-state index contributed by atoms with van der Waals surface area (Å²) < 4.78 is 39.4. The first-order valence-corrected chi connectivity index (χ1v) is 12.7. The molecule has 2 aromatic rings. The number of benzene rings is 2. The molecule has 0 aromatic heterocycles. The van der Waals surface area contributed by atoms with Crippen molar-refractivity contribution in [3.8, 4) is 5.75 Å². The second-order valence-electron chi connectivity index (χ2n) is 10.2. The van der Waals surface area contributed by atoms with Crippen LogP contribution in [0.1, 0.15) is 44.7 Å². The molecule has 1 saturated heterocycles. The fourth-order valence-corrected chi connectivity index (χ4v) is 4.27. The maximum Gasteiger partial charge on any atom is 0.407 e. The van der Waals surface area contributed by atoms with Gasteiger partial charge in [0.25, 0.3) is 0 Å². The highest BCUT2D eigenvalue weighted by atomic mass is 19.1. The minimum Gasteiger partial charge on any atom is -0.494 e. The van der Waals surface area contributed by atoms with Crippen LogP contribution in [0.5, 0.6) is 5.75 Å². The van der Waals surface area contributed by atoms with Gasteiger partial charge in [0.1, 0.15) is 18.0 Å². The van der Waals surface area contributed by atoms with Crippen LogP contribution in [-0.2, 0) is 9.53 Å². The Morgan fingerprint density at radius 2 is 1.90 bits per heavy atom. The van der Waals surface area contributed by atoms with E-state index in [1.165, 1.54) is 37.6 Å². The summed E-state index contributed by atoms with van der Waals surface area (Å²) in [5.41, 5.74) is 6.11. The molecule has 0 aliphatic carbocycles. The number of likely N-dealkylation sites (tertiary alicyclic amines) is 1. The van der Waals surface area contributed by atoms with Crippen LogP contribution in [0.4, 0.5) is 19.3 Å². The fraction of sp³-hybridized carbons (Fsp3) is 0.379. The number of nitrogens with zero attached hydrogens (tertiary/aromatic N) is 3. The summed E-state index contributed by atoms with van der Waals surface area (Å²) in [5, 5.41) is 2.80. The number of piperidine rings is 1. The topological polar surface area (TPSA) is 111 Å². The maximum absolute atomic E-state index is 14.6. The first kappa shape index (κ1) is 30.1. The lowest BCUT2D eigenvalue weighted by atomic mass is 9.96. The second kappa shape index (κ2) is 13.1. The number of carbonyl (C=O) groups excluding carboxylic acids is 2. The first-order valence-electron chi connectivity index (χ1n) is 12.7. The molecular formula is C29H33F2N5O4. The lowest BCUT2D eigenvalue weighted by Crippen LogP contribution is -2.51. The molecule has 11 heteroatoms. The lowest BCUT2D eigenvalue weighted by molar-refractivity contribution is -0.130. The quantitative estimate of drug-likeness (QED) is 0.377. The number of alkyl carbamates (subject to hydrolysis) is 1. The number of amides is 2. The zero-order valence-electron chi connectivity index (χ0n) is 23.0. The molecule has 1 atom stereocenters. The summed E-state index contributed by atoms with van der Waals surface area (Å²) in [6.45, 7) is 12.9. The van der Waals surface area contributed by atoms with Crippen LogP contribution in [0.2, 0.25) is 0 Å². The Morgan fingerprint density at radius 3 is 2.50 bits per heavy atom. The SMILES string of the molecule is [C-]#[N+]c1ccc(/C(=C/N)C(=NCC(=O)N2CCC[C@@H](NC(=O)OC(C)(C)C)C2)c2ccc(OC)c(F)c2)cc1F. The Hall–Kier alpha value is -4.46. The van der Waals surface area contributed by atoms with Crippen molar-refractivity contribution in [2.75, 3.05) is 26.7 Å². The number of carbonyl (C=O) groups is 2. The number of methoxy groups -OCH3 is 1. The van der Waals surface area contributed by atoms with E-state index in [0.717, 1.165) is 6.07 Å². The van der Waals surface area contributed by atoms with E-state index in [0.29, 0.717) is 30.5 Å². The molecule has 2 aromatic carbocycles. The van der Waals surface area contributed by atoms with E-state index >= 15 is 0 Å². The Bertz CT molecular complexity index is 1360. The maximum atomic E-state index is 14.6. The summed E-state index contributed by atoms with van der Waals surface area (Å²) in [6, 6.07) is 7.83. The monoisotopic (exact) mass is 553 g/mol. The van der Waals surface area contributed by atoms with Gasteiger partial charge in [0.05, 0.1) is 19.4 Å². The zero-order valence-corrected chi connectivity index (χ0v) is 23.0. The van der Waals surface area contributed by atoms with Crippen LogP contribution in [0, 0.1) is 18.2 Å². The molecule has 1 heterocycles. The van der Waals surface area contributed by atoms with Crippen molar-refractivity contribution in [1.82, 2.24) is 10.2 Å². The minimum absolute atomic E-state index is 0.0155. The van der Waals surface area contributed by atoms with Crippen LogP contribution in [-0.4, -0.2) is 61.0 Å². The van der Waals surface area contributed by atoms with Gasteiger partial charge in [-0.25, -0.2) is 18.4 Å². The third-order valence-electron chi connectivity index (χ3n) is 6.09. The molecule has 1 fully saturated rings. The van der Waals surface area contributed by atoms with Gasteiger partial charge in [0.2, 0.25) is 11.6 Å². The molecule has 0 spiro atoms. The lowest BCUT2D eigenvalue weighted by Gasteiger charge is -2.33. The van der Waals surface area contributed by atoms with Crippen LogP contribution >= 0.6 is 0 Å². The van der Waals surface area contributed by atoms with Crippen molar-refractivity contribution in [2.45, 2.75) is 45.3 Å². The van der Waals surface area contributed by atoms with Crippen LogP contribution < -0.4 is 15.8 Å². The number of nitrogens with two attached hydrogens (primary N) is 1. The Kier molecular flexibility index (Phi) is 9.82. The Morgan fingerprint density at radius 1 is 1.20 bits per heavy atom. The highest BCUT2D eigenvalue weighted by molar-refractivity contribution is 6.32. The number of aliphatic imine (C=N–C) groups is 1. The Balaban J connectivity index is 1.88.